The average Bonchev–Trinajstić information content (AvgIpc) is 2.85. The fraction of sp³-hybridized carbons (Fsp3) is 0.278. The van der Waals surface area contributed by atoms with Crippen LogP contribution in [0, 0.1) is 6.92 Å². The van der Waals surface area contributed by atoms with E-state index >= 15 is 0 Å². The van der Waals surface area contributed by atoms with Crippen molar-refractivity contribution in [2.24, 2.45) is 5.73 Å². The van der Waals surface area contributed by atoms with Crippen molar-refractivity contribution in [1.29, 1.82) is 0 Å². The van der Waals surface area contributed by atoms with Crippen LogP contribution in [0.4, 0.5) is 0 Å². The number of nitrogens with zero attached hydrogens (tertiary/aromatic N) is 2. The third-order valence-corrected chi connectivity index (χ3v) is 3.86. The zero-order valence-corrected chi connectivity index (χ0v) is 12.4. The molecule has 3 aromatic rings. The molecule has 3 nitrogen and oxygen atoms in total. The largest absolute Gasteiger partial charge is 0.327 e. The lowest BCUT2D eigenvalue weighted by Crippen LogP contribution is -2.09. The molecule has 0 radical (unpaired) electrons. The smallest absolute Gasteiger partial charge is 0.123 e. The van der Waals surface area contributed by atoms with Crippen LogP contribution in [-0.2, 0) is 19.5 Å². The van der Waals surface area contributed by atoms with E-state index in [9.17, 15) is 0 Å². The zero-order chi connectivity index (χ0) is 14.7. The summed E-state index contributed by atoms with van der Waals surface area (Å²) in [5.74, 6) is 0.976. The molecule has 1 aromatic heterocycles. The summed E-state index contributed by atoms with van der Waals surface area (Å²) in [6.07, 6.45) is 2.17. The SMILES string of the molecule is Cc1ccc2c(c1)nc(CN)n2CCCc1ccccc1. The number of benzene rings is 2. The molecule has 2 N–H and O–H groups in total. The van der Waals surface area contributed by atoms with E-state index in [0.29, 0.717) is 6.54 Å². The van der Waals surface area contributed by atoms with Gasteiger partial charge in [-0.05, 0) is 43.0 Å². The van der Waals surface area contributed by atoms with Crippen LogP contribution in [0.15, 0.2) is 48.5 Å². The minimum atomic E-state index is 0.485. The number of imidazole rings is 1. The lowest BCUT2D eigenvalue weighted by Gasteiger charge is -2.08. The predicted molar refractivity (Wildman–Crippen MR) is 87.1 cm³/mol. The molecule has 108 valence electrons. The second-order valence-electron chi connectivity index (χ2n) is 5.47. The Hall–Kier alpha value is -2.13. The first-order valence-corrected chi connectivity index (χ1v) is 7.47. The van der Waals surface area contributed by atoms with Gasteiger partial charge >= 0.3 is 0 Å². The molecular weight excluding hydrogens is 258 g/mol. The van der Waals surface area contributed by atoms with E-state index in [2.05, 4.69) is 65.0 Å². The van der Waals surface area contributed by atoms with Crippen molar-refractivity contribution in [1.82, 2.24) is 9.55 Å². The summed E-state index contributed by atoms with van der Waals surface area (Å²) in [4.78, 5) is 4.66. The van der Waals surface area contributed by atoms with Gasteiger partial charge in [-0.1, -0.05) is 36.4 Å². The van der Waals surface area contributed by atoms with Crippen LogP contribution in [0.5, 0.6) is 0 Å². The molecule has 21 heavy (non-hydrogen) atoms. The van der Waals surface area contributed by atoms with Crippen LogP contribution < -0.4 is 5.73 Å². The lowest BCUT2D eigenvalue weighted by atomic mass is 10.1. The molecule has 0 unspecified atom stereocenters. The summed E-state index contributed by atoms with van der Waals surface area (Å²) in [6, 6.07) is 17.0. The summed E-state index contributed by atoms with van der Waals surface area (Å²) < 4.78 is 2.26. The van der Waals surface area contributed by atoms with Gasteiger partial charge in [0, 0.05) is 6.54 Å². The number of nitrogens with two attached hydrogens (primary N) is 1. The molecule has 0 fully saturated rings. The van der Waals surface area contributed by atoms with Crippen molar-refractivity contribution in [3.63, 3.8) is 0 Å². The van der Waals surface area contributed by atoms with Crippen LogP contribution in [-0.4, -0.2) is 9.55 Å². The first-order valence-electron chi connectivity index (χ1n) is 7.47. The van der Waals surface area contributed by atoms with Crippen LogP contribution >= 0.6 is 0 Å². The first-order chi connectivity index (χ1) is 10.3. The number of hydrogen-bond donors (Lipinski definition) is 1. The van der Waals surface area contributed by atoms with Gasteiger partial charge in [0.15, 0.2) is 0 Å². The highest BCUT2D eigenvalue weighted by atomic mass is 15.1. The third-order valence-electron chi connectivity index (χ3n) is 3.86. The molecule has 3 rings (SSSR count). The predicted octanol–water partition coefficient (Wildman–Crippen LogP) is 3.44. The maximum atomic E-state index is 5.85. The Morgan fingerprint density at radius 2 is 1.90 bits per heavy atom. The summed E-state index contributed by atoms with van der Waals surface area (Å²) in [7, 11) is 0. The molecule has 0 atom stereocenters. The molecule has 0 bridgehead atoms. The maximum absolute atomic E-state index is 5.85. The molecule has 0 aliphatic rings. The number of aromatic nitrogens is 2. The quantitative estimate of drug-likeness (QED) is 0.777. The maximum Gasteiger partial charge on any atom is 0.123 e. The van der Waals surface area contributed by atoms with E-state index in [4.69, 9.17) is 5.73 Å². The molecule has 2 aromatic carbocycles. The molecule has 0 aliphatic carbocycles. The van der Waals surface area contributed by atoms with Gasteiger partial charge in [-0.15, -0.1) is 0 Å². The Bertz CT molecular complexity index is 729. The normalized spacial score (nSPS) is 11.1. The first kappa shape index (κ1) is 13.8. The van der Waals surface area contributed by atoms with Gasteiger partial charge in [-0.3, -0.25) is 0 Å². The molecular formula is C18H21N3. The highest BCUT2D eigenvalue weighted by Gasteiger charge is 2.09. The number of fused-ring (bicyclic) bond motifs is 1. The van der Waals surface area contributed by atoms with Crippen molar-refractivity contribution in [2.75, 3.05) is 0 Å². The summed E-state index contributed by atoms with van der Waals surface area (Å²) >= 11 is 0. The topological polar surface area (TPSA) is 43.8 Å². The monoisotopic (exact) mass is 279 g/mol. The van der Waals surface area contributed by atoms with E-state index in [1.807, 2.05) is 0 Å². The van der Waals surface area contributed by atoms with Gasteiger partial charge in [-0.25, -0.2) is 4.98 Å². The van der Waals surface area contributed by atoms with Crippen LogP contribution in [0.1, 0.15) is 23.4 Å². The Morgan fingerprint density at radius 1 is 1.10 bits per heavy atom. The van der Waals surface area contributed by atoms with E-state index < -0.39 is 0 Å². The Balaban J connectivity index is 1.79. The second kappa shape index (κ2) is 6.10. The lowest BCUT2D eigenvalue weighted by molar-refractivity contribution is 0.626. The van der Waals surface area contributed by atoms with Crippen LogP contribution in [0.3, 0.4) is 0 Å². The van der Waals surface area contributed by atoms with Gasteiger partial charge in [0.05, 0.1) is 17.6 Å². The summed E-state index contributed by atoms with van der Waals surface area (Å²) in [5, 5.41) is 0. The third kappa shape index (κ3) is 2.98. The second-order valence-corrected chi connectivity index (χ2v) is 5.47. The van der Waals surface area contributed by atoms with Crippen molar-refractivity contribution in [3.8, 4) is 0 Å². The molecule has 3 heteroatoms. The molecule has 0 aliphatic heterocycles. The van der Waals surface area contributed by atoms with Crippen LogP contribution in [0.25, 0.3) is 11.0 Å². The molecule has 1 heterocycles. The number of hydrogen-bond acceptors (Lipinski definition) is 2. The molecule has 0 saturated carbocycles. The van der Waals surface area contributed by atoms with Gasteiger partial charge < -0.3 is 10.3 Å². The van der Waals surface area contributed by atoms with Crippen molar-refractivity contribution < 1.29 is 0 Å². The van der Waals surface area contributed by atoms with E-state index in [1.54, 1.807) is 0 Å². The minimum Gasteiger partial charge on any atom is -0.327 e. The van der Waals surface area contributed by atoms with E-state index in [1.165, 1.54) is 16.6 Å². The van der Waals surface area contributed by atoms with Gasteiger partial charge in [-0.2, -0.15) is 0 Å². The van der Waals surface area contributed by atoms with Crippen LogP contribution in [0.2, 0.25) is 0 Å². The minimum absolute atomic E-state index is 0.485. The van der Waals surface area contributed by atoms with Gasteiger partial charge in [0.1, 0.15) is 5.82 Å². The van der Waals surface area contributed by atoms with E-state index in [-0.39, 0.29) is 0 Å². The van der Waals surface area contributed by atoms with Crippen molar-refractivity contribution in [2.45, 2.75) is 32.9 Å². The van der Waals surface area contributed by atoms with E-state index in [0.717, 1.165) is 30.7 Å². The Kier molecular flexibility index (Phi) is 4.02. The number of aryl methyl sites for hydroxylation is 3. The highest BCUT2D eigenvalue weighted by molar-refractivity contribution is 5.76. The molecule has 0 spiro atoms. The van der Waals surface area contributed by atoms with Crippen molar-refractivity contribution >= 4 is 11.0 Å². The fourth-order valence-corrected chi connectivity index (χ4v) is 2.78. The highest BCUT2D eigenvalue weighted by Crippen LogP contribution is 2.18. The standard InChI is InChI=1S/C18H21N3/c1-14-9-10-17-16(12-14)20-18(13-19)21(17)11-5-8-15-6-3-2-4-7-15/h2-4,6-7,9-10,12H,5,8,11,13,19H2,1H3. The average molecular weight is 279 g/mol. The number of rotatable bonds is 5. The Morgan fingerprint density at radius 3 is 2.67 bits per heavy atom. The fourth-order valence-electron chi connectivity index (χ4n) is 2.78. The summed E-state index contributed by atoms with van der Waals surface area (Å²) in [5.41, 5.74) is 10.7. The van der Waals surface area contributed by atoms with Gasteiger partial charge in [0.2, 0.25) is 0 Å². The van der Waals surface area contributed by atoms with Crippen molar-refractivity contribution in [3.05, 3.63) is 65.5 Å². The summed E-state index contributed by atoms with van der Waals surface area (Å²) in [6.45, 7) is 3.54. The Labute approximate surface area is 125 Å². The zero-order valence-electron chi connectivity index (χ0n) is 12.4. The molecule has 0 saturated heterocycles. The molecule has 0 amide bonds. The van der Waals surface area contributed by atoms with Gasteiger partial charge in [0.25, 0.3) is 0 Å².